The Labute approximate surface area is 97.9 Å². The summed E-state index contributed by atoms with van der Waals surface area (Å²) in [5.74, 6) is 0.211. The lowest BCUT2D eigenvalue weighted by Crippen LogP contribution is -2.21. The number of aromatic hydroxyl groups is 1. The van der Waals surface area contributed by atoms with Crippen molar-refractivity contribution in [3.63, 3.8) is 0 Å². The van der Waals surface area contributed by atoms with Gasteiger partial charge in [0, 0.05) is 0 Å². The van der Waals surface area contributed by atoms with E-state index in [1.807, 2.05) is 6.07 Å². The van der Waals surface area contributed by atoms with Crippen LogP contribution in [0.15, 0.2) is 24.3 Å². The minimum Gasteiger partial charge on any atom is -0.508 e. The summed E-state index contributed by atoms with van der Waals surface area (Å²) in [6.07, 6.45) is 2.71. The van der Waals surface area contributed by atoms with Crippen LogP contribution in [0.25, 0.3) is 0 Å². The third-order valence-electron chi connectivity index (χ3n) is 3.10. The van der Waals surface area contributed by atoms with Crippen LogP contribution in [0, 0.1) is 5.41 Å². The van der Waals surface area contributed by atoms with Crippen LogP contribution in [0.5, 0.6) is 5.75 Å². The summed E-state index contributed by atoms with van der Waals surface area (Å²) >= 11 is 0. The fourth-order valence-corrected chi connectivity index (χ4v) is 1.92. The average molecular weight is 222 g/mol. The van der Waals surface area contributed by atoms with E-state index in [2.05, 4.69) is 20.8 Å². The molecular weight excluding hydrogens is 200 g/mol. The Morgan fingerprint density at radius 1 is 1.31 bits per heavy atom. The first kappa shape index (κ1) is 13.0. The molecule has 0 amide bonds. The summed E-state index contributed by atoms with van der Waals surface area (Å²) in [7, 11) is 0. The van der Waals surface area contributed by atoms with E-state index in [0.717, 1.165) is 24.8 Å². The molecule has 2 N–H and O–H groups in total. The van der Waals surface area contributed by atoms with E-state index in [-0.39, 0.29) is 11.2 Å². The minimum absolute atomic E-state index is 0.149. The number of aliphatic hydroxyl groups excluding tert-OH is 1. The van der Waals surface area contributed by atoms with Crippen LogP contribution in [0.1, 0.15) is 51.7 Å². The molecule has 0 heterocycles. The highest BCUT2D eigenvalue weighted by Crippen LogP contribution is 2.38. The second kappa shape index (κ2) is 5.35. The van der Waals surface area contributed by atoms with E-state index in [1.165, 1.54) is 0 Å². The third kappa shape index (κ3) is 3.24. The number of phenols is 1. The average Bonchev–Trinajstić information content (AvgIpc) is 2.25. The molecule has 1 aromatic carbocycles. The molecule has 0 aliphatic rings. The van der Waals surface area contributed by atoms with Gasteiger partial charge in [-0.05, 0) is 29.5 Å². The highest BCUT2D eigenvalue weighted by atomic mass is 16.3. The Morgan fingerprint density at radius 3 is 2.56 bits per heavy atom. The smallest absolute Gasteiger partial charge is 0.115 e. The van der Waals surface area contributed by atoms with Gasteiger partial charge in [0.25, 0.3) is 0 Å². The van der Waals surface area contributed by atoms with Crippen molar-refractivity contribution in [3.05, 3.63) is 29.8 Å². The summed E-state index contributed by atoms with van der Waals surface area (Å²) in [6.45, 7) is 6.28. The molecular formula is C14H22O2. The topological polar surface area (TPSA) is 40.5 Å². The predicted octanol–water partition coefficient (Wildman–Crippen LogP) is 3.64. The van der Waals surface area contributed by atoms with Gasteiger partial charge in [0.2, 0.25) is 0 Å². The van der Waals surface area contributed by atoms with Gasteiger partial charge in [-0.1, -0.05) is 45.7 Å². The van der Waals surface area contributed by atoms with E-state index in [0.29, 0.717) is 0 Å². The van der Waals surface area contributed by atoms with Crippen LogP contribution in [0.2, 0.25) is 0 Å². The Bertz CT molecular complexity index is 331. The van der Waals surface area contributed by atoms with Crippen molar-refractivity contribution in [2.45, 2.75) is 46.1 Å². The number of hydrogen-bond acceptors (Lipinski definition) is 2. The van der Waals surface area contributed by atoms with Gasteiger partial charge in [0.1, 0.15) is 5.75 Å². The molecule has 0 saturated heterocycles. The molecule has 1 aromatic rings. The SMILES string of the molecule is CCCCC(C)(C)C(O)c1cccc(O)c1. The molecule has 0 radical (unpaired) electrons. The van der Waals surface area contributed by atoms with Crippen molar-refractivity contribution >= 4 is 0 Å². The molecule has 90 valence electrons. The van der Waals surface area contributed by atoms with Gasteiger partial charge in [-0.25, -0.2) is 0 Å². The standard InChI is InChI=1S/C14H22O2/c1-4-5-9-14(2,3)13(16)11-7-6-8-12(15)10-11/h6-8,10,13,15-16H,4-5,9H2,1-3H3. The Kier molecular flexibility index (Phi) is 4.36. The molecule has 0 aromatic heterocycles. The third-order valence-corrected chi connectivity index (χ3v) is 3.10. The maximum Gasteiger partial charge on any atom is 0.115 e. The van der Waals surface area contributed by atoms with Crippen molar-refractivity contribution in [1.82, 2.24) is 0 Å². The lowest BCUT2D eigenvalue weighted by molar-refractivity contribution is 0.0413. The van der Waals surface area contributed by atoms with Crippen LogP contribution in [-0.2, 0) is 0 Å². The number of hydrogen-bond donors (Lipinski definition) is 2. The van der Waals surface area contributed by atoms with E-state index in [4.69, 9.17) is 0 Å². The molecule has 0 aliphatic heterocycles. The van der Waals surface area contributed by atoms with Crippen LogP contribution in [-0.4, -0.2) is 10.2 Å². The lowest BCUT2D eigenvalue weighted by Gasteiger charge is -2.31. The van der Waals surface area contributed by atoms with Crippen molar-refractivity contribution in [1.29, 1.82) is 0 Å². The van der Waals surface area contributed by atoms with E-state index in [9.17, 15) is 10.2 Å². The molecule has 1 unspecified atom stereocenters. The molecule has 16 heavy (non-hydrogen) atoms. The maximum atomic E-state index is 10.3. The number of rotatable bonds is 5. The molecule has 0 saturated carbocycles. The molecule has 0 spiro atoms. The van der Waals surface area contributed by atoms with Crippen LogP contribution in [0.3, 0.4) is 0 Å². The summed E-state index contributed by atoms with van der Waals surface area (Å²) in [5, 5.41) is 19.7. The first-order valence-electron chi connectivity index (χ1n) is 5.94. The van der Waals surface area contributed by atoms with Crippen LogP contribution < -0.4 is 0 Å². The number of benzene rings is 1. The van der Waals surface area contributed by atoms with Gasteiger partial charge in [-0.2, -0.15) is 0 Å². The molecule has 2 heteroatoms. The Balaban J connectivity index is 2.79. The summed E-state index contributed by atoms with van der Waals surface area (Å²) in [5.41, 5.74) is 0.644. The maximum absolute atomic E-state index is 10.3. The van der Waals surface area contributed by atoms with Gasteiger partial charge in [0.15, 0.2) is 0 Å². The quantitative estimate of drug-likeness (QED) is 0.798. The van der Waals surface area contributed by atoms with E-state index >= 15 is 0 Å². The number of phenolic OH excluding ortho intramolecular Hbond substituents is 1. The molecule has 2 nitrogen and oxygen atoms in total. The lowest BCUT2D eigenvalue weighted by atomic mass is 9.78. The molecule has 0 fully saturated rings. The van der Waals surface area contributed by atoms with E-state index < -0.39 is 6.10 Å². The zero-order valence-electron chi connectivity index (χ0n) is 10.4. The number of unbranched alkanes of at least 4 members (excludes halogenated alkanes) is 1. The Morgan fingerprint density at radius 2 is 2.00 bits per heavy atom. The van der Waals surface area contributed by atoms with E-state index in [1.54, 1.807) is 18.2 Å². The van der Waals surface area contributed by atoms with Crippen molar-refractivity contribution in [2.75, 3.05) is 0 Å². The molecule has 1 rings (SSSR count). The minimum atomic E-state index is -0.522. The highest BCUT2D eigenvalue weighted by Gasteiger charge is 2.28. The highest BCUT2D eigenvalue weighted by molar-refractivity contribution is 5.29. The summed E-state index contributed by atoms with van der Waals surface area (Å²) in [4.78, 5) is 0. The monoisotopic (exact) mass is 222 g/mol. The fourth-order valence-electron chi connectivity index (χ4n) is 1.92. The summed E-state index contributed by atoms with van der Waals surface area (Å²) in [6, 6.07) is 6.88. The van der Waals surface area contributed by atoms with Gasteiger partial charge in [-0.3, -0.25) is 0 Å². The van der Waals surface area contributed by atoms with Crippen molar-refractivity contribution in [2.24, 2.45) is 5.41 Å². The van der Waals surface area contributed by atoms with Gasteiger partial charge in [0.05, 0.1) is 6.10 Å². The van der Waals surface area contributed by atoms with Crippen molar-refractivity contribution in [3.8, 4) is 5.75 Å². The molecule has 0 bridgehead atoms. The zero-order chi connectivity index (χ0) is 12.2. The van der Waals surface area contributed by atoms with Crippen LogP contribution >= 0.6 is 0 Å². The fraction of sp³-hybridized carbons (Fsp3) is 0.571. The second-order valence-corrected chi connectivity index (χ2v) is 5.09. The normalized spacial score (nSPS) is 13.8. The first-order chi connectivity index (χ1) is 7.47. The zero-order valence-corrected chi connectivity index (χ0v) is 10.4. The summed E-state index contributed by atoms with van der Waals surface area (Å²) < 4.78 is 0. The molecule has 0 aliphatic carbocycles. The first-order valence-corrected chi connectivity index (χ1v) is 5.94. The Hall–Kier alpha value is -1.02. The van der Waals surface area contributed by atoms with Gasteiger partial charge < -0.3 is 10.2 Å². The van der Waals surface area contributed by atoms with Crippen molar-refractivity contribution < 1.29 is 10.2 Å². The molecule has 1 atom stereocenters. The second-order valence-electron chi connectivity index (χ2n) is 5.09. The number of aliphatic hydroxyl groups is 1. The largest absolute Gasteiger partial charge is 0.508 e. The van der Waals surface area contributed by atoms with Gasteiger partial charge in [-0.15, -0.1) is 0 Å². The predicted molar refractivity (Wildman–Crippen MR) is 66.4 cm³/mol. The van der Waals surface area contributed by atoms with Gasteiger partial charge >= 0.3 is 0 Å². The van der Waals surface area contributed by atoms with Crippen LogP contribution in [0.4, 0.5) is 0 Å².